The van der Waals surface area contributed by atoms with E-state index in [4.69, 9.17) is 5.11 Å². The smallest absolute Gasteiger partial charge is 0.337 e. The minimum Gasteiger partial charge on any atom is -0.478 e. The molecule has 2 atom stereocenters. The van der Waals surface area contributed by atoms with Gasteiger partial charge in [0.25, 0.3) is 0 Å². The fourth-order valence-corrected chi connectivity index (χ4v) is 2.58. The highest BCUT2D eigenvalue weighted by Gasteiger charge is 2.30. The lowest BCUT2D eigenvalue weighted by atomic mass is 10.1. The largest absolute Gasteiger partial charge is 0.478 e. The van der Waals surface area contributed by atoms with E-state index in [1.165, 1.54) is 0 Å². The number of nitrogens with zero attached hydrogens (tertiary/aromatic N) is 1. The van der Waals surface area contributed by atoms with E-state index < -0.39 is 17.8 Å². The number of anilines is 1. The monoisotopic (exact) mass is 280 g/mol. The van der Waals surface area contributed by atoms with Gasteiger partial charge in [0, 0.05) is 12.6 Å². The summed E-state index contributed by atoms with van der Waals surface area (Å²) in [6.07, 6.45) is 0.905. The lowest BCUT2D eigenvalue weighted by molar-refractivity contribution is 0.0698. The maximum atomic E-state index is 13.2. The third-order valence-electron chi connectivity index (χ3n) is 3.50. The van der Waals surface area contributed by atoms with Crippen LogP contribution in [-0.4, -0.2) is 34.6 Å². The van der Waals surface area contributed by atoms with Crippen molar-refractivity contribution in [3.63, 3.8) is 0 Å². The predicted molar refractivity (Wildman–Crippen MR) is 72.3 cm³/mol. The van der Waals surface area contributed by atoms with Gasteiger partial charge in [-0.15, -0.1) is 0 Å². The van der Waals surface area contributed by atoms with Gasteiger partial charge in [0.05, 0.1) is 11.3 Å². The average Bonchev–Trinajstić information content (AvgIpc) is 2.68. The molecular formula is C14H17FN2O3. The van der Waals surface area contributed by atoms with E-state index in [0.717, 1.165) is 24.6 Å². The van der Waals surface area contributed by atoms with Crippen molar-refractivity contribution >= 4 is 17.7 Å². The summed E-state index contributed by atoms with van der Waals surface area (Å²) in [5, 5.41) is 11.5. The van der Waals surface area contributed by atoms with Crippen LogP contribution >= 0.6 is 0 Å². The number of carbonyl (C=O) groups excluding carboxylic acids is 1. The highest BCUT2D eigenvalue weighted by molar-refractivity contribution is 6.00. The number of nitrogens with one attached hydrogen (secondary N) is 1. The fraction of sp³-hybridized carbons (Fsp3) is 0.429. The van der Waals surface area contributed by atoms with E-state index in [0.29, 0.717) is 12.5 Å². The molecule has 1 saturated heterocycles. The van der Waals surface area contributed by atoms with Crippen molar-refractivity contribution < 1.29 is 19.1 Å². The third kappa shape index (κ3) is 2.89. The summed E-state index contributed by atoms with van der Waals surface area (Å²) in [6, 6.07) is 2.91. The van der Waals surface area contributed by atoms with Crippen LogP contribution in [0.2, 0.25) is 0 Å². The van der Waals surface area contributed by atoms with Crippen LogP contribution in [0.4, 0.5) is 14.9 Å². The van der Waals surface area contributed by atoms with Crippen molar-refractivity contribution in [2.45, 2.75) is 26.3 Å². The van der Waals surface area contributed by atoms with Crippen molar-refractivity contribution in [3.8, 4) is 0 Å². The first-order chi connectivity index (χ1) is 9.38. The number of likely N-dealkylation sites (tertiary alicyclic amines) is 1. The number of hydrogen-bond donors (Lipinski definition) is 2. The standard InChI is InChI=1S/C14H17FN2O3/c1-8-5-9(2)17(7-8)14(20)16-12-6-10(15)3-4-11(12)13(18)19/h3-4,6,8-9H,5,7H2,1-2H3,(H,16,20)(H,18,19). The summed E-state index contributed by atoms with van der Waals surface area (Å²) in [6.45, 7) is 4.60. The summed E-state index contributed by atoms with van der Waals surface area (Å²) in [5.41, 5.74) is -0.145. The molecule has 2 amide bonds. The van der Waals surface area contributed by atoms with Gasteiger partial charge in [0.15, 0.2) is 0 Å². The molecule has 2 rings (SSSR count). The number of amides is 2. The summed E-state index contributed by atoms with van der Waals surface area (Å²) in [5.74, 6) is -1.39. The third-order valence-corrected chi connectivity index (χ3v) is 3.50. The molecule has 0 radical (unpaired) electrons. The molecule has 0 spiro atoms. The maximum Gasteiger partial charge on any atom is 0.337 e. The minimum absolute atomic E-state index is 0.0192. The Hall–Kier alpha value is -2.11. The molecule has 2 N–H and O–H groups in total. The number of hydrogen-bond acceptors (Lipinski definition) is 2. The molecule has 0 bridgehead atoms. The molecule has 1 aromatic carbocycles. The first-order valence-corrected chi connectivity index (χ1v) is 6.49. The molecule has 1 aromatic rings. The second kappa shape index (κ2) is 5.48. The Morgan fingerprint density at radius 2 is 2.10 bits per heavy atom. The van der Waals surface area contributed by atoms with Gasteiger partial charge in [-0.2, -0.15) is 0 Å². The molecule has 1 heterocycles. The molecule has 1 aliphatic heterocycles. The Balaban J connectivity index is 2.19. The highest BCUT2D eigenvalue weighted by Crippen LogP contribution is 2.24. The number of urea groups is 1. The molecule has 0 aliphatic carbocycles. The van der Waals surface area contributed by atoms with Crippen LogP contribution in [0.3, 0.4) is 0 Å². The van der Waals surface area contributed by atoms with E-state index in [1.54, 1.807) is 4.90 Å². The second-order valence-electron chi connectivity index (χ2n) is 5.27. The Bertz CT molecular complexity index is 547. The van der Waals surface area contributed by atoms with Crippen molar-refractivity contribution in [2.24, 2.45) is 5.92 Å². The van der Waals surface area contributed by atoms with E-state index in [1.807, 2.05) is 6.92 Å². The van der Waals surface area contributed by atoms with E-state index in [9.17, 15) is 14.0 Å². The Morgan fingerprint density at radius 1 is 1.40 bits per heavy atom. The topological polar surface area (TPSA) is 69.6 Å². The average molecular weight is 280 g/mol. The first-order valence-electron chi connectivity index (χ1n) is 6.49. The predicted octanol–water partition coefficient (Wildman–Crippen LogP) is 2.79. The van der Waals surface area contributed by atoms with Gasteiger partial charge in [-0.1, -0.05) is 6.92 Å². The molecule has 2 unspecified atom stereocenters. The zero-order valence-corrected chi connectivity index (χ0v) is 11.4. The van der Waals surface area contributed by atoms with Gasteiger partial charge >= 0.3 is 12.0 Å². The zero-order valence-electron chi connectivity index (χ0n) is 11.4. The normalized spacial score (nSPS) is 21.9. The van der Waals surface area contributed by atoms with Crippen molar-refractivity contribution in [1.82, 2.24) is 4.90 Å². The van der Waals surface area contributed by atoms with E-state index in [-0.39, 0.29) is 17.3 Å². The number of carboxylic acids is 1. The Morgan fingerprint density at radius 3 is 2.65 bits per heavy atom. The number of carbonyl (C=O) groups is 2. The molecular weight excluding hydrogens is 263 g/mol. The van der Waals surface area contributed by atoms with E-state index in [2.05, 4.69) is 12.2 Å². The van der Waals surface area contributed by atoms with Gasteiger partial charge in [-0.05, 0) is 37.5 Å². The molecule has 1 aliphatic rings. The number of carboxylic acid groups (broad SMARTS) is 1. The lowest BCUT2D eigenvalue weighted by Crippen LogP contribution is -2.37. The number of rotatable bonds is 2. The van der Waals surface area contributed by atoms with Crippen molar-refractivity contribution in [2.75, 3.05) is 11.9 Å². The van der Waals surface area contributed by atoms with Crippen molar-refractivity contribution in [3.05, 3.63) is 29.6 Å². The van der Waals surface area contributed by atoms with Gasteiger partial charge in [-0.25, -0.2) is 14.0 Å². The summed E-state index contributed by atoms with van der Waals surface area (Å²) >= 11 is 0. The Labute approximate surface area is 116 Å². The molecule has 0 saturated carbocycles. The minimum atomic E-state index is -1.21. The Kier molecular flexibility index (Phi) is 3.92. The van der Waals surface area contributed by atoms with Crippen LogP contribution in [0.1, 0.15) is 30.6 Å². The van der Waals surface area contributed by atoms with Crippen LogP contribution in [0.25, 0.3) is 0 Å². The van der Waals surface area contributed by atoms with Crippen LogP contribution in [-0.2, 0) is 0 Å². The van der Waals surface area contributed by atoms with Gasteiger partial charge in [-0.3, -0.25) is 0 Å². The summed E-state index contributed by atoms with van der Waals surface area (Å²) < 4.78 is 13.2. The lowest BCUT2D eigenvalue weighted by Gasteiger charge is -2.22. The number of halogens is 1. The van der Waals surface area contributed by atoms with Gasteiger partial charge < -0.3 is 15.3 Å². The van der Waals surface area contributed by atoms with Crippen LogP contribution in [0.5, 0.6) is 0 Å². The molecule has 1 fully saturated rings. The zero-order chi connectivity index (χ0) is 14.9. The fourth-order valence-electron chi connectivity index (χ4n) is 2.58. The molecule has 6 heteroatoms. The molecule has 0 aromatic heterocycles. The van der Waals surface area contributed by atoms with Crippen LogP contribution in [0.15, 0.2) is 18.2 Å². The number of benzene rings is 1. The van der Waals surface area contributed by atoms with Gasteiger partial charge in [0.1, 0.15) is 5.82 Å². The molecule has 5 nitrogen and oxygen atoms in total. The highest BCUT2D eigenvalue weighted by atomic mass is 19.1. The summed E-state index contributed by atoms with van der Waals surface area (Å²) in [4.78, 5) is 24.9. The van der Waals surface area contributed by atoms with Gasteiger partial charge in [0.2, 0.25) is 0 Å². The SMILES string of the molecule is CC1CC(C)N(C(=O)Nc2cc(F)ccc2C(=O)O)C1. The second-order valence-corrected chi connectivity index (χ2v) is 5.27. The van der Waals surface area contributed by atoms with Crippen molar-refractivity contribution in [1.29, 1.82) is 0 Å². The van der Waals surface area contributed by atoms with Crippen LogP contribution < -0.4 is 5.32 Å². The van der Waals surface area contributed by atoms with E-state index >= 15 is 0 Å². The first kappa shape index (κ1) is 14.3. The quantitative estimate of drug-likeness (QED) is 0.875. The van der Waals surface area contributed by atoms with Crippen LogP contribution in [0, 0.1) is 11.7 Å². The molecule has 20 heavy (non-hydrogen) atoms. The maximum absolute atomic E-state index is 13.2. The number of aromatic carboxylic acids is 1. The molecule has 108 valence electrons. The summed E-state index contributed by atoms with van der Waals surface area (Å²) in [7, 11) is 0.